The zero-order valence-electron chi connectivity index (χ0n) is 14.8. The number of non-ortho nitro benzene ring substituents is 1. The van der Waals surface area contributed by atoms with E-state index in [-0.39, 0.29) is 11.6 Å². The lowest BCUT2D eigenvalue weighted by Crippen LogP contribution is -2.32. The van der Waals surface area contributed by atoms with Crippen LogP contribution in [0.2, 0.25) is 0 Å². The van der Waals surface area contributed by atoms with Crippen LogP contribution in [0, 0.1) is 30.9 Å². The van der Waals surface area contributed by atoms with Crippen LogP contribution in [-0.4, -0.2) is 16.9 Å². The molecule has 0 aromatic heterocycles. The largest absolute Gasteiger partial charge is 0.481 e. The predicted molar refractivity (Wildman–Crippen MR) is 97.1 cm³/mol. The van der Waals surface area contributed by atoms with Gasteiger partial charge in [-0.2, -0.15) is 0 Å². The molecule has 0 saturated heterocycles. The summed E-state index contributed by atoms with van der Waals surface area (Å²) in [6.07, 6.45) is -0.201. The Labute approximate surface area is 147 Å². The summed E-state index contributed by atoms with van der Waals surface area (Å²) in [6, 6.07) is 10.0. The topological polar surface area (TPSA) is 81.5 Å². The second-order valence-electron chi connectivity index (χ2n) is 6.01. The van der Waals surface area contributed by atoms with E-state index in [1.54, 1.807) is 13.0 Å². The Hall–Kier alpha value is -2.89. The molecule has 0 spiro atoms. The summed E-state index contributed by atoms with van der Waals surface area (Å²) in [5.41, 5.74) is 3.34. The van der Waals surface area contributed by atoms with Crippen LogP contribution in [0.4, 0.5) is 11.4 Å². The molecule has 132 valence electrons. The monoisotopic (exact) mass is 342 g/mol. The number of benzene rings is 2. The second-order valence-corrected chi connectivity index (χ2v) is 6.01. The normalized spacial score (nSPS) is 11.7. The summed E-state index contributed by atoms with van der Waals surface area (Å²) in [4.78, 5) is 22.9. The van der Waals surface area contributed by atoms with E-state index in [1.165, 1.54) is 12.1 Å². The molecule has 1 unspecified atom stereocenters. The average molecular weight is 342 g/mol. The maximum atomic E-state index is 12.5. The first-order chi connectivity index (χ1) is 11.8. The summed E-state index contributed by atoms with van der Waals surface area (Å²) in [6.45, 7) is 7.62. The number of nitro benzene ring substituents is 1. The molecular formula is C19H22N2O4. The first kappa shape index (κ1) is 18.4. The van der Waals surface area contributed by atoms with Gasteiger partial charge in [0.05, 0.1) is 10.6 Å². The fourth-order valence-corrected chi connectivity index (χ4v) is 2.35. The minimum atomic E-state index is -0.680. The lowest BCUT2D eigenvalue weighted by atomic mass is 10.1. The first-order valence-electron chi connectivity index (χ1n) is 8.11. The van der Waals surface area contributed by atoms with E-state index < -0.39 is 11.0 Å². The number of ether oxygens (including phenoxy) is 1. The Bertz CT molecular complexity index is 802. The van der Waals surface area contributed by atoms with Crippen molar-refractivity contribution in [1.29, 1.82) is 0 Å². The van der Waals surface area contributed by atoms with Crippen molar-refractivity contribution in [3.8, 4) is 5.75 Å². The molecule has 0 heterocycles. The highest BCUT2D eigenvalue weighted by Gasteiger charge is 2.20. The van der Waals surface area contributed by atoms with Crippen molar-refractivity contribution in [3.63, 3.8) is 0 Å². The number of carbonyl (C=O) groups excluding carboxylic acids is 1. The van der Waals surface area contributed by atoms with Gasteiger partial charge in [0.15, 0.2) is 6.10 Å². The summed E-state index contributed by atoms with van der Waals surface area (Å²) in [5, 5.41) is 13.6. The van der Waals surface area contributed by atoms with Gasteiger partial charge < -0.3 is 10.1 Å². The van der Waals surface area contributed by atoms with E-state index >= 15 is 0 Å². The number of hydrogen-bond donors (Lipinski definition) is 1. The smallest absolute Gasteiger partial charge is 0.271 e. The highest BCUT2D eigenvalue weighted by atomic mass is 16.6. The summed E-state index contributed by atoms with van der Waals surface area (Å²) < 4.78 is 5.81. The fraction of sp³-hybridized carbons (Fsp3) is 0.316. The van der Waals surface area contributed by atoms with Crippen LogP contribution in [-0.2, 0) is 4.79 Å². The number of anilines is 1. The highest BCUT2D eigenvalue weighted by molar-refractivity contribution is 5.95. The Morgan fingerprint density at radius 1 is 1.12 bits per heavy atom. The molecule has 2 rings (SSSR count). The molecule has 0 aliphatic heterocycles. The van der Waals surface area contributed by atoms with Crippen LogP contribution < -0.4 is 10.1 Å². The third-order valence-electron chi connectivity index (χ3n) is 4.11. The number of nitrogens with one attached hydrogen (secondary N) is 1. The molecule has 0 saturated carbocycles. The minimum Gasteiger partial charge on any atom is -0.481 e. The van der Waals surface area contributed by atoms with Gasteiger partial charge in [-0.15, -0.1) is 0 Å². The van der Waals surface area contributed by atoms with E-state index in [0.29, 0.717) is 17.9 Å². The van der Waals surface area contributed by atoms with Crippen molar-refractivity contribution in [2.75, 3.05) is 5.32 Å². The van der Waals surface area contributed by atoms with Gasteiger partial charge >= 0.3 is 0 Å². The number of nitro groups is 1. The third-order valence-corrected chi connectivity index (χ3v) is 4.11. The Morgan fingerprint density at radius 2 is 1.80 bits per heavy atom. The first-order valence-corrected chi connectivity index (χ1v) is 8.11. The fourth-order valence-electron chi connectivity index (χ4n) is 2.35. The van der Waals surface area contributed by atoms with Crippen LogP contribution in [0.25, 0.3) is 0 Å². The molecule has 6 nitrogen and oxygen atoms in total. The quantitative estimate of drug-likeness (QED) is 0.626. The number of carbonyl (C=O) groups is 1. The number of amides is 1. The standard InChI is InChI=1S/C19H22N2O4/c1-5-18(25-16-9-7-12(2)14(4)10-16)19(22)20-17-11-15(21(23)24)8-6-13(17)3/h6-11,18H,5H2,1-4H3,(H,20,22). The number of aryl methyl sites for hydroxylation is 3. The Kier molecular flexibility index (Phi) is 5.75. The molecule has 1 amide bonds. The maximum Gasteiger partial charge on any atom is 0.271 e. The second kappa shape index (κ2) is 7.79. The molecule has 0 bridgehead atoms. The van der Waals surface area contributed by atoms with Gasteiger partial charge in [0.2, 0.25) is 0 Å². The van der Waals surface area contributed by atoms with Crippen molar-refractivity contribution in [3.05, 3.63) is 63.2 Å². The van der Waals surface area contributed by atoms with Crippen molar-refractivity contribution in [1.82, 2.24) is 0 Å². The van der Waals surface area contributed by atoms with Crippen LogP contribution >= 0.6 is 0 Å². The number of hydrogen-bond acceptors (Lipinski definition) is 4. The Morgan fingerprint density at radius 3 is 2.40 bits per heavy atom. The van der Waals surface area contributed by atoms with E-state index in [4.69, 9.17) is 4.74 Å². The van der Waals surface area contributed by atoms with Crippen LogP contribution in [0.3, 0.4) is 0 Å². The maximum absolute atomic E-state index is 12.5. The summed E-state index contributed by atoms with van der Waals surface area (Å²) in [7, 11) is 0. The molecule has 0 radical (unpaired) electrons. The van der Waals surface area contributed by atoms with Crippen molar-refractivity contribution in [2.24, 2.45) is 0 Å². The zero-order chi connectivity index (χ0) is 18.6. The van der Waals surface area contributed by atoms with Gasteiger partial charge in [0.25, 0.3) is 11.6 Å². The molecular weight excluding hydrogens is 320 g/mol. The zero-order valence-corrected chi connectivity index (χ0v) is 14.8. The summed E-state index contributed by atoms with van der Waals surface area (Å²) >= 11 is 0. The highest BCUT2D eigenvalue weighted by Crippen LogP contribution is 2.23. The Balaban J connectivity index is 2.16. The molecule has 2 aromatic rings. The van der Waals surface area contributed by atoms with Crippen molar-refractivity contribution >= 4 is 17.3 Å². The summed E-state index contributed by atoms with van der Waals surface area (Å²) in [5.74, 6) is 0.296. The molecule has 1 N–H and O–H groups in total. The molecule has 0 aliphatic rings. The average Bonchev–Trinajstić information content (AvgIpc) is 2.57. The van der Waals surface area contributed by atoms with Gasteiger partial charge in [-0.3, -0.25) is 14.9 Å². The molecule has 2 aromatic carbocycles. The number of rotatable bonds is 6. The molecule has 25 heavy (non-hydrogen) atoms. The van der Waals surface area contributed by atoms with Gasteiger partial charge in [-0.25, -0.2) is 0 Å². The molecule has 0 fully saturated rings. The SMILES string of the molecule is CCC(Oc1ccc(C)c(C)c1)C(=O)Nc1cc([N+](=O)[O-])ccc1C. The minimum absolute atomic E-state index is 0.0657. The van der Waals surface area contributed by atoms with Crippen molar-refractivity contribution in [2.45, 2.75) is 40.2 Å². The van der Waals surface area contributed by atoms with E-state index in [9.17, 15) is 14.9 Å². The lowest BCUT2D eigenvalue weighted by molar-refractivity contribution is -0.384. The van der Waals surface area contributed by atoms with Gasteiger partial charge in [0.1, 0.15) is 5.75 Å². The molecule has 1 atom stereocenters. The van der Waals surface area contributed by atoms with E-state index in [2.05, 4.69) is 5.32 Å². The van der Waals surface area contributed by atoms with Crippen LogP contribution in [0.15, 0.2) is 36.4 Å². The van der Waals surface area contributed by atoms with Crippen LogP contribution in [0.5, 0.6) is 5.75 Å². The third kappa shape index (κ3) is 4.56. The lowest BCUT2D eigenvalue weighted by Gasteiger charge is -2.18. The molecule has 6 heteroatoms. The molecule has 0 aliphatic carbocycles. The van der Waals surface area contributed by atoms with E-state index in [0.717, 1.165) is 16.7 Å². The van der Waals surface area contributed by atoms with Gasteiger partial charge in [-0.05, 0) is 56.0 Å². The van der Waals surface area contributed by atoms with E-state index in [1.807, 2.05) is 39.0 Å². The van der Waals surface area contributed by atoms with Crippen LogP contribution in [0.1, 0.15) is 30.0 Å². The van der Waals surface area contributed by atoms with Gasteiger partial charge in [-0.1, -0.05) is 19.1 Å². The van der Waals surface area contributed by atoms with Crippen molar-refractivity contribution < 1.29 is 14.5 Å². The predicted octanol–water partition coefficient (Wildman–Crippen LogP) is 4.32. The number of nitrogens with zero attached hydrogens (tertiary/aromatic N) is 1. The van der Waals surface area contributed by atoms with Gasteiger partial charge in [0, 0.05) is 12.1 Å².